The van der Waals surface area contributed by atoms with Gasteiger partial charge in [-0.15, -0.1) is 0 Å². The molecule has 0 saturated heterocycles. The summed E-state index contributed by atoms with van der Waals surface area (Å²) in [5.74, 6) is 0. The van der Waals surface area contributed by atoms with E-state index in [0.717, 1.165) is 17.7 Å². The number of aryl methyl sites for hydroxylation is 1. The van der Waals surface area contributed by atoms with Crippen LogP contribution in [0, 0.1) is 0 Å². The largest absolute Gasteiger partial charge is 0.388 e. The molecule has 1 unspecified atom stereocenters. The molecule has 0 saturated carbocycles. The highest BCUT2D eigenvalue weighted by Crippen LogP contribution is 2.21. The minimum atomic E-state index is -0.446. The summed E-state index contributed by atoms with van der Waals surface area (Å²) in [5.41, 5.74) is 4.62. The molecule has 20 heavy (non-hydrogen) atoms. The summed E-state index contributed by atoms with van der Waals surface area (Å²) in [6.07, 6.45) is 1.26. The highest BCUT2D eigenvalue weighted by Gasteiger charge is 2.09. The Morgan fingerprint density at radius 3 is 1.95 bits per heavy atom. The molecule has 1 atom stereocenters. The van der Waals surface area contributed by atoms with Crippen LogP contribution in [0.3, 0.4) is 0 Å². The van der Waals surface area contributed by atoms with E-state index in [1.807, 2.05) is 38.4 Å². The molecule has 0 heterocycles. The van der Waals surface area contributed by atoms with Crippen molar-refractivity contribution < 1.29 is 5.11 Å². The lowest BCUT2D eigenvalue weighted by atomic mass is 10.00. The second-order valence-corrected chi connectivity index (χ2v) is 5.38. The predicted octanol–water partition coefficient (Wildman–Crippen LogP) is 3.59. The molecule has 2 nitrogen and oxygen atoms in total. The van der Waals surface area contributed by atoms with E-state index in [9.17, 15) is 5.11 Å². The zero-order chi connectivity index (χ0) is 14.5. The van der Waals surface area contributed by atoms with Gasteiger partial charge in [0.25, 0.3) is 0 Å². The van der Waals surface area contributed by atoms with Gasteiger partial charge in [0, 0.05) is 26.2 Å². The molecule has 0 aliphatic rings. The molecule has 0 bridgehead atoms. The van der Waals surface area contributed by atoms with E-state index in [2.05, 4.69) is 36.1 Å². The summed E-state index contributed by atoms with van der Waals surface area (Å²) in [7, 11) is 4.03. The Hall–Kier alpha value is -1.80. The van der Waals surface area contributed by atoms with Gasteiger partial charge in [-0.1, -0.05) is 43.3 Å². The molecule has 2 aromatic rings. The zero-order valence-electron chi connectivity index (χ0n) is 12.5. The monoisotopic (exact) mass is 269 g/mol. The SMILES string of the molecule is CCc1ccc(CC(O)c2ccc(N(C)C)cc2)cc1. The molecule has 0 spiro atoms. The smallest absolute Gasteiger partial charge is 0.0830 e. The summed E-state index contributed by atoms with van der Waals surface area (Å²) in [4.78, 5) is 2.06. The first-order valence-corrected chi connectivity index (χ1v) is 7.13. The van der Waals surface area contributed by atoms with Gasteiger partial charge in [0.05, 0.1) is 6.10 Å². The van der Waals surface area contributed by atoms with E-state index < -0.39 is 6.10 Å². The van der Waals surface area contributed by atoms with Gasteiger partial charge in [-0.2, -0.15) is 0 Å². The molecule has 0 aliphatic heterocycles. The van der Waals surface area contributed by atoms with Crippen LogP contribution >= 0.6 is 0 Å². The first kappa shape index (κ1) is 14.6. The first-order valence-electron chi connectivity index (χ1n) is 7.13. The molecule has 0 amide bonds. The lowest BCUT2D eigenvalue weighted by Gasteiger charge is -2.15. The number of hydrogen-bond acceptors (Lipinski definition) is 2. The number of nitrogens with zero attached hydrogens (tertiary/aromatic N) is 1. The van der Waals surface area contributed by atoms with Gasteiger partial charge in [0.1, 0.15) is 0 Å². The van der Waals surface area contributed by atoms with Gasteiger partial charge in [0.15, 0.2) is 0 Å². The number of rotatable bonds is 5. The normalized spacial score (nSPS) is 12.2. The Kier molecular flexibility index (Phi) is 4.80. The third kappa shape index (κ3) is 3.61. The fourth-order valence-electron chi connectivity index (χ4n) is 2.25. The molecule has 106 valence electrons. The van der Waals surface area contributed by atoms with Crippen molar-refractivity contribution >= 4 is 5.69 Å². The van der Waals surface area contributed by atoms with Crippen molar-refractivity contribution in [1.82, 2.24) is 0 Å². The van der Waals surface area contributed by atoms with Crippen molar-refractivity contribution in [2.24, 2.45) is 0 Å². The fourth-order valence-corrected chi connectivity index (χ4v) is 2.25. The Labute approximate surface area is 121 Å². The van der Waals surface area contributed by atoms with Crippen LogP contribution in [0.2, 0.25) is 0 Å². The maximum absolute atomic E-state index is 10.3. The van der Waals surface area contributed by atoms with E-state index in [1.165, 1.54) is 11.1 Å². The molecule has 0 aliphatic carbocycles. The molecule has 0 aromatic heterocycles. The van der Waals surface area contributed by atoms with E-state index in [-0.39, 0.29) is 0 Å². The van der Waals surface area contributed by atoms with Crippen LogP contribution in [0.4, 0.5) is 5.69 Å². The van der Waals surface area contributed by atoms with Crippen LogP contribution in [-0.2, 0) is 12.8 Å². The molecule has 2 heteroatoms. The topological polar surface area (TPSA) is 23.5 Å². The average molecular weight is 269 g/mol. The quantitative estimate of drug-likeness (QED) is 0.896. The van der Waals surface area contributed by atoms with Crippen LogP contribution < -0.4 is 4.90 Å². The van der Waals surface area contributed by atoms with E-state index in [0.29, 0.717) is 6.42 Å². The molecule has 2 aromatic carbocycles. The highest BCUT2D eigenvalue weighted by molar-refractivity contribution is 5.46. The summed E-state index contributed by atoms with van der Waals surface area (Å²) in [6.45, 7) is 2.15. The fraction of sp³-hybridized carbons (Fsp3) is 0.333. The maximum atomic E-state index is 10.3. The number of benzene rings is 2. The minimum absolute atomic E-state index is 0.446. The van der Waals surface area contributed by atoms with Gasteiger partial charge in [-0.25, -0.2) is 0 Å². The highest BCUT2D eigenvalue weighted by atomic mass is 16.3. The first-order chi connectivity index (χ1) is 9.60. The average Bonchev–Trinajstić information content (AvgIpc) is 2.48. The number of hydrogen-bond donors (Lipinski definition) is 1. The Bertz CT molecular complexity index is 528. The lowest BCUT2D eigenvalue weighted by molar-refractivity contribution is 0.178. The molecular formula is C18H23NO. The molecule has 0 radical (unpaired) electrons. The Balaban J connectivity index is 2.04. The van der Waals surface area contributed by atoms with Crippen LogP contribution in [0.1, 0.15) is 29.7 Å². The maximum Gasteiger partial charge on any atom is 0.0830 e. The molecule has 2 rings (SSSR count). The van der Waals surface area contributed by atoms with Crippen LogP contribution in [-0.4, -0.2) is 19.2 Å². The van der Waals surface area contributed by atoms with Gasteiger partial charge in [0.2, 0.25) is 0 Å². The summed E-state index contributed by atoms with van der Waals surface area (Å²) in [5, 5.41) is 10.3. The molecule has 0 fully saturated rings. The van der Waals surface area contributed by atoms with Crippen LogP contribution in [0.15, 0.2) is 48.5 Å². The minimum Gasteiger partial charge on any atom is -0.388 e. The standard InChI is InChI=1S/C18H23NO/c1-4-14-5-7-15(8-6-14)13-18(20)16-9-11-17(12-10-16)19(2)3/h5-12,18,20H,4,13H2,1-3H3. The zero-order valence-corrected chi connectivity index (χ0v) is 12.5. The molecular weight excluding hydrogens is 246 g/mol. The van der Waals surface area contributed by atoms with Crippen LogP contribution in [0.5, 0.6) is 0 Å². The third-order valence-corrected chi connectivity index (χ3v) is 3.65. The number of aliphatic hydroxyl groups excluding tert-OH is 1. The summed E-state index contributed by atoms with van der Waals surface area (Å²) in [6, 6.07) is 16.6. The van der Waals surface area contributed by atoms with Crippen molar-refractivity contribution in [3.05, 3.63) is 65.2 Å². The second-order valence-electron chi connectivity index (χ2n) is 5.38. The van der Waals surface area contributed by atoms with Crippen molar-refractivity contribution in [2.75, 3.05) is 19.0 Å². The number of aliphatic hydroxyl groups is 1. The van der Waals surface area contributed by atoms with Crippen molar-refractivity contribution in [3.8, 4) is 0 Å². The van der Waals surface area contributed by atoms with Gasteiger partial charge < -0.3 is 10.0 Å². The van der Waals surface area contributed by atoms with Crippen LogP contribution in [0.25, 0.3) is 0 Å². The van der Waals surface area contributed by atoms with Gasteiger partial charge in [-0.05, 0) is 35.2 Å². The van der Waals surface area contributed by atoms with Gasteiger partial charge >= 0.3 is 0 Å². The van der Waals surface area contributed by atoms with E-state index in [1.54, 1.807) is 0 Å². The predicted molar refractivity (Wildman–Crippen MR) is 85.3 cm³/mol. The Morgan fingerprint density at radius 1 is 0.900 bits per heavy atom. The van der Waals surface area contributed by atoms with Crippen molar-refractivity contribution in [1.29, 1.82) is 0 Å². The Morgan fingerprint density at radius 2 is 1.45 bits per heavy atom. The van der Waals surface area contributed by atoms with Crippen molar-refractivity contribution in [3.63, 3.8) is 0 Å². The molecule has 1 N–H and O–H groups in total. The van der Waals surface area contributed by atoms with E-state index in [4.69, 9.17) is 0 Å². The van der Waals surface area contributed by atoms with E-state index >= 15 is 0 Å². The third-order valence-electron chi connectivity index (χ3n) is 3.65. The van der Waals surface area contributed by atoms with Crippen molar-refractivity contribution in [2.45, 2.75) is 25.9 Å². The summed E-state index contributed by atoms with van der Waals surface area (Å²) >= 11 is 0. The lowest BCUT2D eigenvalue weighted by Crippen LogP contribution is -2.09. The van der Waals surface area contributed by atoms with Gasteiger partial charge in [-0.3, -0.25) is 0 Å². The summed E-state index contributed by atoms with van der Waals surface area (Å²) < 4.78 is 0. The number of anilines is 1. The second kappa shape index (κ2) is 6.58.